The SMILES string of the molecule is Cn1c(=O)n(Cc2ccccc2C(F)(F)F)c(=O)c2c(NC(=O)c3cc(Cl)c(O)c(Cl)n3)cccc21. The molecule has 1 amide bonds. The van der Waals surface area contributed by atoms with Crippen LogP contribution >= 0.6 is 23.2 Å². The van der Waals surface area contributed by atoms with Gasteiger partial charge in [-0.2, -0.15) is 13.2 Å². The van der Waals surface area contributed by atoms with Crippen LogP contribution in [0.5, 0.6) is 5.75 Å². The lowest BCUT2D eigenvalue weighted by Crippen LogP contribution is -2.40. The first-order valence-electron chi connectivity index (χ1n) is 10.1. The summed E-state index contributed by atoms with van der Waals surface area (Å²) in [6.45, 7) is -0.649. The van der Waals surface area contributed by atoms with Crippen LogP contribution in [0.3, 0.4) is 0 Å². The molecule has 0 unspecified atom stereocenters. The van der Waals surface area contributed by atoms with Crippen molar-refractivity contribution in [3.8, 4) is 5.75 Å². The third-order valence-corrected chi connectivity index (χ3v) is 5.97. The van der Waals surface area contributed by atoms with E-state index in [0.29, 0.717) is 4.57 Å². The number of fused-ring (bicyclic) bond motifs is 1. The summed E-state index contributed by atoms with van der Waals surface area (Å²) in [6.07, 6.45) is -4.69. The Balaban J connectivity index is 1.85. The summed E-state index contributed by atoms with van der Waals surface area (Å²) >= 11 is 11.6. The maximum absolute atomic E-state index is 13.5. The molecule has 0 atom stereocenters. The van der Waals surface area contributed by atoms with Crippen LogP contribution in [0.25, 0.3) is 10.9 Å². The normalized spacial score (nSPS) is 11.6. The number of aromatic hydroxyl groups is 1. The Morgan fingerprint density at radius 2 is 1.81 bits per heavy atom. The van der Waals surface area contributed by atoms with Crippen molar-refractivity contribution in [2.75, 3.05) is 5.32 Å². The van der Waals surface area contributed by atoms with Crippen LogP contribution in [0, 0.1) is 0 Å². The van der Waals surface area contributed by atoms with Gasteiger partial charge in [0.15, 0.2) is 10.9 Å². The van der Waals surface area contributed by atoms with E-state index in [0.717, 1.165) is 16.7 Å². The minimum absolute atomic E-state index is 0.0296. The van der Waals surface area contributed by atoms with Gasteiger partial charge in [-0.15, -0.1) is 0 Å². The zero-order chi connectivity index (χ0) is 26.4. The number of amides is 1. The van der Waals surface area contributed by atoms with E-state index in [2.05, 4.69) is 10.3 Å². The summed E-state index contributed by atoms with van der Waals surface area (Å²) in [6, 6.07) is 9.98. The molecule has 2 heterocycles. The second kappa shape index (κ2) is 9.32. The second-order valence-electron chi connectivity index (χ2n) is 7.67. The molecule has 0 aliphatic heterocycles. The molecule has 13 heteroatoms. The van der Waals surface area contributed by atoms with E-state index in [1.54, 1.807) is 0 Å². The van der Waals surface area contributed by atoms with E-state index < -0.39 is 46.3 Å². The Bertz CT molecular complexity index is 1620. The van der Waals surface area contributed by atoms with Crippen molar-refractivity contribution >= 4 is 45.7 Å². The minimum Gasteiger partial charge on any atom is -0.504 e. The van der Waals surface area contributed by atoms with Gasteiger partial charge in [-0.1, -0.05) is 47.5 Å². The van der Waals surface area contributed by atoms with Crippen LogP contribution in [-0.2, 0) is 19.8 Å². The molecule has 36 heavy (non-hydrogen) atoms. The molecule has 2 N–H and O–H groups in total. The number of carbonyl (C=O) groups excluding carboxylic acids is 1. The number of aryl methyl sites for hydroxylation is 1. The van der Waals surface area contributed by atoms with E-state index in [-0.39, 0.29) is 32.9 Å². The largest absolute Gasteiger partial charge is 0.504 e. The molecule has 2 aromatic carbocycles. The summed E-state index contributed by atoms with van der Waals surface area (Å²) in [5.74, 6) is -1.36. The van der Waals surface area contributed by atoms with Crippen molar-refractivity contribution in [1.29, 1.82) is 0 Å². The van der Waals surface area contributed by atoms with E-state index in [9.17, 15) is 32.7 Å². The Morgan fingerprint density at radius 3 is 2.47 bits per heavy atom. The summed E-state index contributed by atoms with van der Waals surface area (Å²) < 4.78 is 42.2. The zero-order valence-electron chi connectivity index (χ0n) is 18.2. The Morgan fingerprint density at radius 1 is 1.11 bits per heavy atom. The predicted molar refractivity (Wildman–Crippen MR) is 128 cm³/mol. The quantitative estimate of drug-likeness (QED) is 0.374. The highest BCUT2D eigenvalue weighted by Crippen LogP contribution is 2.32. The van der Waals surface area contributed by atoms with Crippen molar-refractivity contribution < 1.29 is 23.1 Å². The third-order valence-electron chi connectivity index (χ3n) is 5.42. The van der Waals surface area contributed by atoms with Crippen LogP contribution in [0.15, 0.2) is 58.1 Å². The zero-order valence-corrected chi connectivity index (χ0v) is 19.7. The molecule has 2 aromatic heterocycles. The first-order valence-corrected chi connectivity index (χ1v) is 10.9. The number of carbonyl (C=O) groups is 1. The van der Waals surface area contributed by atoms with E-state index in [1.807, 2.05) is 0 Å². The molecule has 0 fully saturated rings. The lowest BCUT2D eigenvalue weighted by atomic mass is 10.1. The minimum atomic E-state index is -4.69. The van der Waals surface area contributed by atoms with Crippen molar-refractivity contribution in [1.82, 2.24) is 14.1 Å². The molecular weight excluding hydrogens is 524 g/mol. The molecule has 0 spiro atoms. The number of aromatic nitrogens is 3. The number of alkyl halides is 3. The number of rotatable bonds is 4. The smallest absolute Gasteiger partial charge is 0.416 e. The van der Waals surface area contributed by atoms with E-state index in [4.69, 9.17) is 23.2 Å². The van der Waals surface area contributed by atoms with Crippen LogP contribution in [0.4, 0.5) is 18.9 Å². The number of benzene rings is 2. The number of halogens is 5. The second-order valence-corrected chi connectivity index (χ2v) is 8.44. The van der Waals surface area contributed by atoms with Crippen LogP contribution in [0.1, 0.15) is 21.6 Å². The monoisotopic (exact) mass is 538 g/mol. The summed E-state index contributed by atoms with van der Waals surface area (Å²) in [7, 11) is 1.35. The number of hydrogen-bond acceptors (Lipinski definition) is 5. The fourth-order valence-electron chi connectivity index (χ4n) is 3.68. The Labute approximate surface area is 210 Å². The number of nitrogens with zero attached hydrogens (tertiary/aromatic N) is 3. The topological polar surface area (TPSA) is 106 Å². The molecular formula is C23H15Cl2F3N4O4. The van der Waals surface area contributed by atoms with Crippen molar-refractivity contribution in [2.45, 2.75) is 12.7 Å². The molecule has 0 radical (unpaired) electrons. The maximum atomic E-state index is 13.5. The average molecular weight is 539 g/mol. The standard InChI is InChI=1S/C23H15Cl2F3N4O4/c1-31-16-8-4-7-14(30-20(34)15-9-13(24)18(33)19(25)29-15)17(16)21(35)32(22(31)36)10-11-5-2-3-6-12(11)23(26,27)28/h2-9,33H,10H2,1H3,(H,30,34). The number of nitrogens with one attached hydrogen (secondary N) is 1. The highest BCUT2D eigenvalue weighted by atomic mass is 35.5. The van der Waals surface area contributed by atoms with Gasteiger partial charge >= 0.3 is 11.9 Å². The van der Waals surface area contributed by atoms with Crippen molar-refractivity contribution in [3.63, 3.8) is 0 Å². The molecule has 8 nitrogen and oxygen atoms in total. The van der Waals surface area contributed by atoms with Crippen LogP contribution in [0.2, 0.25) is 10.2 Å². The Hall–Kier alpha value is -3.83. The number of pyridine rings is 1. The summed E-state index contributed by atoms with van der Waals surface area (Å²) in [5.41, 5.74) is -3.17. The predicted octanol–water partition coefficient (Wildman–Crippen LogP) is 4.43. The molecule has 186 valence electrons. The highest BCUT2D eigenvalue weighted by Gasteiger charge is 2.33. The fourth-order valence-corrected chi connectivity index (χ4v) is 4.11. The van der Waals surface area contributed by atoms with Crippen LogP contribution < -0.4 is 16.6 Å². The molecule has 0 aliphatic carbocycles. The van der Waals surface area contributed by atoms with Crippen LogP contribution in [-0.4, -0.2) is 25.1 Å². The molecule has 0 aliphatic rings. The number of anilines is 1. The first-order chi connectivity index (χ1) is 16.9. The van der Waals surface area contributed by atoms with Gasteiger partial charge in [-0.25, -0.2) is 9.78 Å². The molecule has 0 bridgehead atoms. The van der Waals surface area contributed by atoms with Gasteiger partial charge in [0.2, 0.25) is 0 Å². The Kier molecular flexibility index (Phi) is 6.54. The van der Waals surface area contributed by atoms with Gasteiger partial charge < -0.3 is 10.4 Å². The first kappa shape index (κ1) is 25.3. The van der Waals surface area contributed by atoms with E-state index >= 15 is 0 Å². The maximum Gasteiger partial charge on any atom is 0.416 e. The van der Waals surface area contributed by atoms with Crippen molar-refractivity contribution in [3.05, 3.63) is 96.4 Å². The van der Waals surface area contributed by atoms with Gasteiger partial charge in [0, 0.05) is 7.05 Å². The van der Waals surface area contributed by atoms with Gasteiger partial charge in [-0.05, 0) is 29.8 Å². The van der Waals surface area contributed by atoms with Crippen molar-refractivity contribution in [2.24, 2.45) is 7.05 Å². The highest BCUT2D eigenvalue weighted by molar-refractivity contribution is 6.36. The lowest BCUT2D eigenvalue weighted by molar-refractivity contribution is -0.138. The number of hydrogen-bond donors (Lipinski definition) is 2. The lowest BCUT2D eigenvalue weighted by Gasteiger charge is -2.16. The molecule has 0 saturated heterocycles. The van der Waals surface area contributed by atoms with Gasteiger partial charge in [0.05, 0.1) is 33.7 Å². The summed E-state index contributed by atoms with van der Waals surface area (Å²) in [5, 5.41) is 11.4. The molecule has 4 aromatic rings. The third kappa shape index (κ3) is 4.54. The van der Waals surface area contributed by atoms with Gasteiger partial charge in [0.1, 0.15) is 5.69 Å². The van der Waals surface area contributed by atoms with E-state index in [1.165, 1.54) is 43.4 Å². The van der Waals surface area contributed by atoms with Gasteiger partial charge in [-0.3, -0.25) is 18.7 Å². The average Bonchev–Trinajstić information content (AvgIpc) is 2.83. The molecule has 4 rings (SSSR count). The summed E-state index contributed by atoms with van der Waals surface area (Å²) in [4.78, 5) is 42.8. The van der Waals surface area contributed by atoms with Gasteiger partial charge in [0.25, 0.3) is 11.5 Å². The molecule has 0 saturated carbocycles. The fraction of sp³-hybridized carbons (Fsp3) is 0.130.